The van der Waals surface area contributed by atoms with E-state index in [9.17, 15) is 9.59 Å². The number of carbonyl (C=O) groups excluding carboxylic acids is 1. The van der Waals surface area contributed by atoms with E-state index < -0.39 is 12.0 Å². The fourth-order valence-corrected chi connectivity index (χ4v) is 7.23. The van der Waals surface area contributed by atoms with Crippen molar-refractivity contribution in [2.45, 2.75) is 52.9 Å². The normalized spacial score (nSPS) is 14.4. The maximum absolute atomic E-state index is 14.3. The van der Waals surface area contributed by atoms with Crippen LogP contribution < -0.4 is 29.1 Å². The third kappa shape index (κ3) is 7.00. The number of benzene rings is 4. The molecule has 0 saturated carbocycles. The van der Waals surface area contributed by atoms with E-state index in [-0.39, 0.29) is 18.3 Å². The summed E-state index contributed by atoms with van der Waals surface area (Å²) >= 11 is 1.27. The lowest BCUT2D eigenvalue weighted by Gasteiger charge is -2.25. The highest BCUT2D eigenvalue weighted by molar-refractivity contribution is 7.07. The van der Waals surface area contributed by atoms with Crippen molar-refractivity contribution in [1.29, 1.82) is 0 Å². The Morgan fingerprint density at radius 3 is 2.54 bits per heavy atom. The first-order chi connectivity index (χ1) is 24.2. The number of rotatable bonds is 12. The summed E-state index contributed by atoms with van der Waals surface area (Å²) in [6.07, 6.45) is 4.21. The second-order valence-electron chi connectivity index (χ2n) is 12.2. The average molecular weight is 689 g/mol. The van der Waals surface area contributed by atoms with Crippen molar-refractivity contribution in [2.24, 2.45) is 4.99 Å². The average Bonchev–Trinajstić information content (AvgIpc) is 3.40. The van der Waals surface area contributed by atoms with Crippen LogP contribution in [-0.4, -0.2) is 30.4 Å². The molecule has 0 saturated heterocycles. The van der Waals surface area contributed by atoms with Crippen LogP contribution in [0.3, 0.4) is 0 Å². The van der Waals surface area contributed by atoms with Crippen molar-refractivity contribution in [3.05, 3.63) is 145 Å². The minimum atomic E-state index is -0.782. The molecule has 9 heteroatoms. The van der Waals surface area contributed by atoms with Gasteiger partial charge in [0.05, 0.1) is 41.7 Å². The summed E-state index contributed by atoms with van der Waals surface area (Å²) in [4.78, 5) is 32.8. The number of fused-ring (bicyclic) bond motifs is 2. The Bertz CT molecular complexity index is 2290. The Morgan fingerprint density at radius 2 is 1.78 bits per heavy atom. The number of methoxy groups -OCH3 is 1. The van der Waals surface area contributed by atoms with Gasteiger partial charge in [0.1, 0.15) is 12.4 Å². The van der Waals surface area contributed by atoms with E-state index in [2.05, 4.69) is 30.8 Å². The molecule has 2 heterocycles. The standard InChI is InChI=1S/C41H40N2O6S/c1-7-12-29-21-27(17-19-33(29)48-24-31-15-11-14-28-13-9-10-16-32(28)31)22-36-39(44)43-38(30-18-20-34(49-25(3)4)35(23-30)46-6)37(40(45)47-8-2)26(5)42-41(43)50-36/h7,9-11,13-23,25,38H,1,8,12,24H2,2-6H3/b36-22-/t38-/m0/s1. The molecule has 8 nitrogen and oxygen atoms in total. The highest BCUT2D eigenvalue weighted by Crippen LogP contribution is 2.36. The van der Waals surface area contributed by atoms with Crippen LogP contribution in [0.4, 0.5) is 0 Å². The Morgan fingerprint density at radius 1 is 1.00 bits per heavy atom. The summed E-state index contributed by atoms with van der Waals surface area (Å²) in [5, 5.41) is 2.32. The quantitative estimate of drug-likeness (QED) is 0.103. The van der Waals surface area contributed by atoms with Crippen molar-refractivity contribution < 1.29 is 23.7 Å². The van der Waals surface area contributed by atoms with Crippen molar-refractivity contribution in [3.8, 4) is 17.2 Å². The maximum atomic E-state index is 14.3. The Kier molecular flexibility index (Phi) is 10.3. The van der Waals surface area contributed by atoms with Gasteiger partial charge >= 0.3 is 5.97 Å². The van der Waals surface area contributed by atoms with Crippen LogP contribution in [0.2, 0.25) is 0 Å². The molecule has 5 aromatic rings. The largest absolute Gasteiger partial charge is 0.493 e. The fraction of sp³-hybridized carbons (Fsp3) is 0.244. The minimum Gasteiger partial charge on any atom is -0.493 e. The van der Waals surface area contributed by atoms with Crippen LogP contribution in [0.15, 0.2) is 113 Å². The first-order valence-electron chi connectivity index (χ1n) is 16.6. The zero-order chi connectivity index (χ0) is 35.4. The SMILES string of the molecule is C=CCc1cc(/C=c2\sc3n(c2=O)[C@@H](c2ccc(OC(C)C)c(OC)c2)C(C(=O)OCC)=C(C)N=3)ccc1OCc1cccc2ccccc12. The molecule has 256 valence electrons. The fourth-order valence-electron chi connectivity index (χ4n) is 6.18. The molecule has 6 rings (SSSR count). The van der Waals surface area contributed by atoms with E-state index in [1.807, 2.05) is 68.5 Å². The van der Waals surface area contributed by atoms with Gasteiger partial charge in [-0.05, 0) is 97.5 Å². The molecule has 1 aliphatic heterocycles. The number of hydrogen-bond donors (Lipinski definition) is 0. The monoisotopic (exact) mass is 688 g/mol. The lowest BCUT2D eigenvalue weighted by Crippen LogP contribution is -2.40. The van der Waals surface area contributed by atoms with E-state index in [1.54, 1.807) is 37.7 Å². The van der Waals surface area contributed by atoms with Gasteiger partial charge in [0.25, 0.3) is 5.56 Å². The van der Waals surface area contributed by atoms with Crippen molar-refractivity contribution in [1.82, 2.24) is 4.57 Å². The molecular weight excluding hydrogens is 649 g/mol. The van der Waals surface area contributed by atoms with Crippen LogP contribution in [-0.2, 0) is 22.6 Å². The molecular formula is C41H40N2O6S. The highest BCUT2D eigenvalue weighted by atomic mass is 32.1. The van der Waals surface area contributed by atoms with Gasteiger partial charge in [-0.2, -0.15) is 0 Å². The number of allylic oxidation sites excluding steroid dienone is 2. The summed E-state index contributed by atoms with van der Waals surface area (Å²) in [7, 11) is 1.56. The summed E-state index contributed by atoms with van der Waals surface area (Å²) in [5.41, 5.74) is 4.08. The van der Waals surface area contributed by atoms with E-state index in [1.165, 1.54) is 16.7 Å². The third-order valence-electron chi connectivity index (χ3n) is 8.39. The van der Waals surface area contributed by atoms with Gasteiger partial charge in [-0.15, -0.1) is 6.58 Å². The summed E-state index contributed by atoms with van der Waals surface area (Å²) in [6.45, 7) is 11.9. The first-order valence-corrected chi connectivity index (χ1v) is 17.4. The second kappa shape index (κ2) is 15.0. The molecule has 4 aromatic carbocycles. The predicted molar refractivity (Wildman–Crippen MR) is 198 cm³/mol. The zero-order valence-corrected chi connectivity index (χ0v) is 29.7. The van der Waals surface area contributed by atoms with Gasteiger partial charge in [0.15, 0.2) is 16.3 Å². The maximum Gasteiger partial charge on any atom is 0.338 e. The Hall–Kier alpha value is -5.41. The topological polar surface area (TPSA) is 88.4 Å². The number of aromatic nitrogens is 1. The zero-order valence-electron chi connectivity index (χ0n) is 28.9. The van der Waals surface area contributed by atoms with Crippen LogP contribution in [0.25, 0.3) is 16.8 Å². The lowest BCUT2D eigenvalue weighted by molar-refractivity contribution is -0.139. The van der Waals surface area contributed by atoms with Gasteiger partial charge in [-0.1, -0.05) is 72.0 Å². The van der Waals surface area contributed by atoms with Crippen molar-refractivity contribution in [2.75, 3.05) is 13.7 Å². The Balaban J connectivity index is 1.40. The van der Waals surface area contributed by atoms with E-state index >= 15 is 0 Å². The molecule has 0 amide bonds. The third-order valence-corrected chi connectivity index (χ3v) is 9.38. The molecule has 1 aromatic heterocycles. The van der Waals surface area contributed by atoms with E-state index in [0.717, 1.165) is 27.8 Å². The lowest BCUT2D eigenvalue weighted by atomic mass is 9.95. The molecule has 0 spiro atoms. The predicted octanol–water partition coefficient (Wildman–Crippen LogP) is 7.05. The van der Waals surface area contributed by atoms with Gasteiger partial charge in [0, 0.05) is 0 Å². The minimum absolute atomic E-state index is 0.0681. The van der Waals surface area contributed by atoms with Gasteiger partial charge in [-0.3, -0.25) is 9.36 Å². The summed E-state index contributed by atoms with van der Waals surface area (Å²) < 4.78 is 25.4. The number of thiazole rings is 1. The van der Waals surface area contributed by atoms with E-state index in [4.69, 9.17) is 23.9 Å². The van der Waals surface area contributed by atoms with Crippen LogP contribution >= 0.6 is 11.3 Å². The van der Waals surface area contributed by atoms with Gasteiger partial charge in [0.2, 0.25) is 0 Å². The summed E-state index contributed by atoms with van der Waals surface area (Å²) in [5.74, 6) is 1.29. The number of esters is 1. The Labute approximate surface area is 295 Å². The molecule has 0 fully saturated rings. The molecule has 1 aliphatic rings. The first kappa shape index (κ1) is 34.5. The molecule has 0 N–H and O–H groups in total. The van der Waals surface area contributed by atoms with Crippen LogP contribution in [0, 0.1) is 0 Å². The van der Waals surface area contributed by atoms with Crippen molar-refractivity contribution >= 4 is 34.2 Å². The number of hydrogen-bond acceptors (Lipinski definition) is 8. The highest BCUT2D eigenvalue weighted by Gasteiger charge is 2.34. The molecule has 0 bridgehead atoms. The number of ether oxygens (including phenoxy) is 4. The van der Waals surface area contributed by atoms with Gasteiger partial charge in [-0.25, -0.2) is 9.79 Å². The molecule has 1 atom stereocenters. The van der Waals surface area contributed by atoms with Crippen LogP contribution in [0.5, 0.6) is 17.2 Å². The summed E-state index contributed by atoms with van der Waals surface area (Å²) in [6, 6.07) is 25.0. The molecule has 0 unspecified atom stereocenters. The number of carbonyl (C=O) groups is 1. The van der Waals surface area contributed by atoms with Crippen molar-refractivity contribution in [3.63, 3.8) is 0 Å². The van der Waals surface area contributed by atoms with E-state index in [0.29, 0.717) is 50.7 Å². The molecule has 0 radical (unpaired) electrons. The number of nitrogens with zero attached hydrogens (tertiary/aromatic N) is 2. The van der Waals surface area contributed by atoms with Crippen LogP contribution in [0.1, 0.15) is 56.0 Å². The molecule has 50 heavy (non-hydrogen) atoms. The second-order valence-corrected chi connectivity index (χ2v) is 13.2. The van der Waals surface area contributed by atoms with Gasteiger partial charge < -0.3 is 18.9 Å². The smallest absolute Gasteiger partial charge is 0.338 e. The molecule has 0 aliphatic carbocycles.